The van der Waals surface area contributed by atoms with Gasteiger partial charge in [0.25, 0.3) is 0 Å². The molecule has 0 aromatic carbocycles. The van der Waals surface area contributed by atoms with Crippen molar-refractivity contribution in [3.63, 3.8) is 0 Å². The highest BCUT2D eigenvalue weighted by Crippen LogP contribution is 2.31. The number of piperidine rings is 1. The molecule has 22 heavy (non-hydrogen) atoms. The minimum Gasteiger partial charge on any atom is -0.354 e. The average molecular weight is 305 g/mol. The van der Waals surface area contributed by atoms with Crippen LogP contribution in [0, 0.1) is 11.3 Å². The van der Waals surface area contributed by atoms with Gasteiger partial charge in [-0.25, -0.2) is 15.8 Å². The third-order valence-electron chi connectivity index (χ3n) is 3.82. The van der Waals surface area contributed by atoms with Gasteiger partial charge in [-0.05, 0) is 38.3 Å². The Morgan fingerprint density at radius 1 is 1.27 bits per heavy atom. The summed E-state index contributed by atoms with van der Waals surface area (Å²) in [5.74, 6) is 7.00. The highest BCUT2D eigenvalue weighted by molar-refractivity contribution is 5.74. The van der Waals surface area contributed by atoms with Gasteiger partial charge < -0.3 is 10.6 Å². The summed E-state index contributed by atoms with van der Waals surface area (Å²) in [4.78, 5) is 8.24. The topological polar surface area (TPSA) is 103 Å². The van der Waals surface area contributed by atoms with Gasteiger partial charge in [0.2, 0.25) is 5.95 Å². The first-order valence-electron chi connectivity index (χ1n) is 8.11. The van der Waals surface area contributed by atoms with Crippen molar-refractivity contribution in [1.29, 1.82) is 5.41 Å². The van der Waals surface area contributed by atoms with Crippen LogP contribution in [0.4, 0.5) is 11.6 Å². The lowest BCUT2D eigenvalue weighted by molar-refractivity contribution is 0.520. The predicted molar refractivity (Wildman–Crippen MR) is 90.0 cm³/mol. The summed E-state index contributed by atoms with van der Waals surface area (Å²) in [6.45, 7) is 3.42. The van der Waals surface area contributed by atoms with Gasteiger partial charge in [-0.2, -0.15) is 0 Å². The zero-order valence-corrected chi connectivity index (χ0v) is 13.1. The molecule has 7 nitrogen and oxygen atoms in total. The predicted octanol–water partition coefficient (Wildman–Crippen LogP) is 1.74. The van der Waals surface area contributed by atoms with Crippen molar-refractivity contribution in [1.82, 2.24) is 15.3 Å². The molecule has 1 saturated heterocycles. The van der Waals surface area contributed by atoms with Gasteiger partial charge in [0, 0.05) is 6.54 Å². The average Bonchev–Trinajstić information content (AvgIpc) is 3.41. The maximum atomic E-state index is 6.97. The number of anilines is 2. The van der Waals surface area contributed by atoms with Crippen LogP contribution < -0.4 is 21.5 Å². The van der Waals surface area contributed by atoms with Crippen LogP contribution in [0.3, 0.4) is 0 Å². The molecule has 1 aliphatic heterocycles. The van der Waals surface area contributed by atoms with Gasteiger partial charge in [-0.3, -0.25) is 10.4 Å². The maximum Gasteiger partial charge on any atom is 0.222 e. The van der Waals surface area contributed by atoms with E-state index in [4.69, 9.17) is 11.3 Å². The summed E-state index contributed by atoms with van der Waals surface area (Å²) in [5, 5.41) is 14.6. The molecule has 2 aliphatic rings. The Labute approximate surface area is 132 Å². The Kier molecular flexibility index (Phi) is 7.05. The monoisotopic (exact) mass is 305 g/mol. The zero-order chi connectivity index (χ0) is 15.6. The lowest BCUT2D eigenvalue weighted by atomic mass is 10.2. The van der Waals surface area contributed by atoms with Gasteiger partial charge in [-0.15, -0.1) is 0 Å². The Balaban J connectivity index is 0.000000246. The number of aromatic nitrogens is 2. The molecule has 1 saturated carbocycles. The fourth-order valence-electron chi connectivity index (χ4n) is 2.22. The van der Waals surface area contributed by atoms with Crippen LogP contribution >= 0.6 is 0 Å². The second-order valence-corrected chi connectivity index (χ2v) is 5.77. The Morgan fingerprint density at radius 2 is 1.95 bits per heavy atom. The summed E-state index contributed by atoms with van der Waals surface area (Å²) < 4.78 is 0. The minimum absolute atomic E-state index is 0.600. The van der Waals surface area contributed by atoms with Crippen molar-refractivity contribution in [3.8, 4) is 0 Å². The van der Waals surface area contributed by atoms with E-state index >= 15 is 0 Å². The van der Waals surface area contributed by atoms with Crippen molar-refractivity contribution in [3.05, 3.63) is 12.4 Å². The van der Waals surface area contributed by atoms with Crippen LogP contribution in [0.2, 0.25) is 0 Å². The van der Waals surface area contributed by atoms with E-state index in [1.54, 1.807) is 12.4 Å². The van der Waals surface area contributed by atoms with Crippen molar-refractivity contribution in [2.45, 2.75) is 38.5 Å². The first-order valence-corrected chi connectivity index (χ1v) is 8.11. The highest BCUT2D eigenvalue weighted by Gasteiger charge is 2.20. The molecular weight excluding hydrogens is 278 g/mol. The van der Waals surface area contributed by atoms with Crippen molar-refractivity contribution < 1.29 is 0 Å². The summed E-state index contributed by atoms with van der Waals surface area (Å²) >= 11 is 0. The third-order valence-corrected chi connectivity index (χ3v) is 3.82. The van der Waals surface area contributed by atoms with Gasteiger partial charge >= 0.3 is 0 Å². The van der Waals surface area contributed by atoms with E-state index < -0.39 is 0 Å². The third kappa shape index (κ3) is 6.36. The minimum atomic E-state index is 0.600. The Morgan fingerprint density at radius 3 is 2.41 bits per heavy atom. The molecule has 122 valence electrons. The first-order chi connectivity index (χ1) is 10.8. The number of nitrogens with one attached hydrogen (secondary N) is 3. The lowest BCUT2D eigenvalue weighted by Gasteiger charge is -2.11. The molecule has 1 aromatic heterocycles. The smallest absolute Gasteiger partial charge is 0.222 e. The van der Waals surface area contributed by atoms with Crippen molar-refractivity contribution in [2.75, 3.05) is 30.0 Å². The molecule has 2 heterocycles. The highest BCUT2D eigenvalue weighted by atomic mass is 15.4. The summed E-state index contributed by atoms with van der Waals surface area (Å²) in [6, 6.07) is 0. The summed E-state index contributed by atoms with van der Waals surface area (Å²) in [7, 11) is 0. The van der Waals surface area contributed by atoms with Gasteiger partial charge in [0.1, 0.15) is 6.34 Å². The normalized spacial score (nSPS) is 17.1. The van der Waals surface area contributed by atoms with Crippen molar-refractivity contribution in [2.24, 2.45) is 11.8 Å². The fourth-order valence-corrected chi connectivity index (χ4v) is 2.22. The van der Waals surface area contributed by atoms with Crippen LogP contribution in [0.5, 0.6) is 0 Å². The van der Waals surface area contributed by atoms with E-state index in [1.165, 1.54) is 51.6 Å². The standard InChI is InChI=1S/C10H16N6.C5H11N/c11-7-16(12)9-5-14-10(15-6-9)13-4-3-8-1-2-8;1-2-4-6-5-3-1/h5-8,11H,1-4,12H2,(H,13,14,15);6H,1-5H2. The van der Waals surface area contributed by atoms with Crippen LogP contribution in [0.1, 0.15) is 38.5 Å². The summed E-state index contributed by atoms with van der Waals surface area (Å²) in [5.41, 5.74) is 0.600. The molecule has 1 aliphatic carbocycles. The molecule has 0 atom stereocenters. The number of hydrogen-bond acceptors (Lipinski definition) is 6. The van der Waals surface area contributed by atoms with Gasteiger partial charge in [0.15, 0.2) is 0 Å². The van der Waals surface area contributed by atoms with Crippen LogP contribution in [-0.2, 0) is 0 Å². The molecular formula is C15H27N7. The molecule has 0 amide bonds. The SMILES string of the molecule is C1CCNCC1.N=CN(N)c1cnc(NCCC2CC2)nc1. The Bertz CT molecular complexity index is 415. The molecule has 1 aromatic rings. The number of nitrogens with zero attached hydrogens (tertiary/aromatic N) is 3. The lowest BCUT2D eigenvalue weighted by Crippen LogP contribution is -2.28. The molecule has 7 heteroatoms. The van der Waals surface area contributed by atoms with E-state index in [0.717, 1.165) is 23.8 Å². The first kappa shape index (κ1) is 16.6. The quantitative estimate of drug-likeness (QED) is 0.276. The van der Waals surface area contributed by atoms with Crippen LogP contribution in [0.25, 0.3) is 0 Å². The maximum absolute atomic E-state index is 6.97. The van der Waals surface area contributed by atoms with Crippen LogP contribution in [-0.4, -0.2) is 35.9 Å². The molecule has 5 N–H and O–H groups in total. The molecule has 3 rings (SSSR count). The largest absolute Gasteiger partial charge is 0.354 e. The van der Waals surface area contributed by atoms with E-state index in [9.17, 15) is 0 Å². The van der Waals surface area contributed by atoms with E-state index in [2.05, 4.69) is 20.6 Å². The van der Waals surface area contributed by atoms with Gasteiger partial charge in [-0.1, -0.05) is 19.3 Å². The second kappa shape index (κ2) is 9.32. The van der Waals surface area contributed by atoms with Crippen LogP contribution in [0.15, 0.2) is 12.4 Å². The number of hydrogen-bond donors (Lipinski definition) is 4. The summed E-state index contributed by atoms with van der Waals surface area (Å²) in [6.07, 6.45) is 12.3. The zero-order valence-electron chi connectivity index (χ0n) is 13.1. The number of nitrogens with two attached hydrogens (primary N) is 1. The fraction of sp³-hybridized carbons (Fsp3) is 0.667. The molecule has 0 unspecified atom stereocenters. The molecule has 2 fully saturated rings. The molecule has 0 spiro atoms. The van der Waals surface area contributed by atoms with E-state index in [1.807, 2.05) is 0 Å². The Hall–Kier alpha value is -1.73. The second-order valence-electron chi connectivity index (χ2n) is 5.77. The van der Waals surface area contributed by atoms with Gasteiger partial charge in [0.05, 0.1) is 18.1 Å². The van der Waals surface area contributed by atoms with E-state index in [0.29, 0.717) is 11.6 Å². The number of hydrazine groups is 1. The molecule has 0 radical (unpaired) electrons. The van der Waals surface area contributed by atoms with Crippen molar-refractivity contribution >= 4 is 18.0 Å². The number of rotatable bonds is 6. The molecule has 0 bridgehead atoms. The van der Waals surface area contributed by atoms with E-state index in [-0.39, 0.29) is 0 Å².